The summed E-state index contributed by atoms with van der Waals surface area (Å²) in [6.07, 6.45) is 1.59. The van der Waals surface area contributed by atoms with Crippen molar-refractivity contribution in [3.63, 3.8) is 0 Å². The molecule has 4 rings (SSSR count). The standard InChI is InChI=1S/C20H20ClN5O4S/c1-13(18(27)25-9-8-22-19(25)28)31-20-24-23-17(26(20)11-16-3-2-10-29-16)12-30-15-6-4-14(21)5-7-15/h2-7,10,13H,8-9,11-12H2,1H3,(H,22,28)/t13-/m1/s1. The number of rotatable bonds is 8. The summed E-state index contributed by atoms with van der Waals surface area (Å²) >= 11 is 7.15. The van der Waals surface area contributed by atoms with Gasteiger partial charge in [-0.05, 0) is 43.3 Å². The molecule has 1 fully saturated rings. The van der Waals surface area contributed by atoms with E-state index in [1.807, 2.05) is 10.6 Å². The molecule has 1 atom stereocenters. The molecule has 3 amide bonds. The Morgan fingerprint density at radius 3 is 2.81 bits per heavy atom. The van der Waals surface area contributed by atoms with Crippen LogP contribution in [0, 0.1) is 0 Å². The van der Waals surface area contributed by atoms with Gasteiger partial charge in [0, 0.05) is 18.1 Å². The van der Waals surface area contributed by atoms with E-state index in [4.69, 9.17) is 20.8 Å². The first-order valence-corrected chi connectivity index (χ1v) is 10.9. The number of nitrogens with zero attached hydrogens (tertiary/aromatic N) is 4. The molecule has 3 heterocycles. The van der Waals surface area contributed by atoms with Crippen molar-refractivity contribution < 1.29 is 18.7 Å². The Bertz CT molecular complexity index is 1050. The lowest BCUT2D eigenvalue weighted by Crippen LogP contribution is -2.39. The van der Waals surface area contributed by atoms with E-state index in [0.29, 0.717) is 47.1 Å². The van der Waals surface area contributed by atoms with E-state index in [2.05, 4.69) is 15.5 Å². The maximum Gasteiger partial charge on any atom is 0.324 e. The van der Waals surface area contributed by atoms with Crippen molar-refractivity contribution in [1.82, 2.24) is 25.0 Å². The van der Waals surface area contributed by atoms with Crippen molar-refractivity contribution in [3.8, 4) is 5.75 Å². The predicted molar refractivity (Wildman–Crippen MR) is 114 cm³/mol. The first-order chi connectivity index (χ1) is 15.0. The number of nitrogens with one attached hydrogen (secondary N) is 1. The summed E-state index contributed by atoms with van der Waals surface area (Å²) in [5.74, 6) is 1.67. The Balaban J connectivity index is 1.51. The van der Waals surface area contributed by atoms with Crippen molar-refractivity contribution in [2.45, 2.75) is 30.5 Å². The molecule has 1 aromatic carbocycles. The lowest BCUT2D eigenvalue weighted by atomic mass is 10.3. The lowest BCUT2D eigenvalue weighted by molar-refractivity contribution is -0.126. The smallest absolute Gasteiger partial charge is 0.324 e. The van der Waals surface area contributed by atoms with Crippen LogP contribution in [0.1, 0.15) is 18.5 Å². The number of carbonyl (C=O) groups is 2. The second kappa shape index (κ2) is 9.44. The Morgan fingerprint density at radius 2 is 2.13 bits per heavy atom. The molecule has 1 aliphatic rings. The molecule has 0 radical (unpaired) electrons. The highest BCUT2D eigenvalue weighted by atomic mass is 35.5. The third-order valence-corrected chi connectivity index (χ3v) is 5.94. The zero-order valence-electron chi connectivity index (χ0n) is 16.7. The molecule has 0 saturated carbocycles. The number of hydrogen-bond donors (Lipinski definition) is 1. The largest absolute Gasteiger partial charge is 0.486 e. The van der Waals surface area contributed by atoms with E-state index in [0.717, 1.165) is 0 Å². The number of halogens is 1. The average Bonchev–Trinajstić information content (AvgIpc) is 3.51. The van der Waals surface area contributed by atoms with Crippen LogP contribution in [-0.2, 0) is 17.9 Å². The lowest BCUT2D eigenvalue weighted by Gasteiger charge is -2.17. The van der Waals surface area contributed by atoms with E-state index in [-0.39, 0.29) is 18.5 Å². The number of urea groups is 1. The fraction of sp³-hybridized carbons (Fsp3) is 0.300. The number of thioether (sulfide) groups is 1. The summed E-state index contributed by atoms with van der Waals surface area (Å²) in [5.41, 5.74) is 0. The molecule has 3 aromatic rings. The number of furan rings is 1. The number of ether oxygens (including phenoxy) is 1. The fourth-order valence-corrected chi connectivity index (χ4v) is 4.07. The Hall–Kier alpha value is -2.98. The molecule has 162 valence electrons. The summed E-state index contributed by atoms with van der Waals surface area (Å²) in [6.45, 7) is 3.12. The number of benzene rings is 1. The van der Waals surface area contributed by atoms with Gasteiger partial charge >= 0.3 is 6.03 Å². The van der Waals surface area contributed by atoms with Gasteiger partial charge in [0.1, 0.15) is 18.1 Å². The van der Waals surface area contributed by atoms with Crippen molar-refractivity contribution in [3.05, 3.63) is 59.3 Å². The van der Waals surface area contributed by atoms with Crippen molar-refractivity contribution in [2.75, 3.05) is 13.1 Å². The Morgan fingerprint density at radius 1 is 1.32 bits per heavy atom. The van der Waals surface area contributed by atoms with Gasteiger partial charge in [0.25, 0.3) is 0 Å². The predicted octanol–water partition coefficient (Wildman–Crippen LogP) is 3.18. The first-order valence-electron chi connectivity index (χ1n) is 9.60. The Kier molecular flexibility index (Phi) is 6.47. The number of hydrogen-bond acceptors (Lipinski definition) is 7. The second-order valence-corrected chi connectivity index (χ2v) is 8.53. The third kappa shape index (κ3) is 5.02. The van der Waals surface area contributed by atoms with Crippen LogP contribution >= 0.6 is 23.4 Å². The minimum atomic E-state index is -0.520. The number of imide groups is 1. The van der Waals surface area contributed by atoms with Gasteiger partial charge in [0.2, 0.25) is 5.91 Å². The van der Waals surface area contributed by atoms with Crippen molar-refractivity contribution >= 4 is 35.3 Å². The summed E-state index contributed by atoms with van der Waals surface area (Å²) in [5, 5.41) is 11.8. The van der Waals surface area contributed by atoms with Gasteiger partial charge in [0.05, 0.1) is 18.1 Å². The first kappa shape index (κ1) is 21.3. The van der Waals surface area contributed by atoms with Crippen LogP contribution in [0.15, 0.2) is 52.2 Å². The third-order valence-electron chi connectivity index (χ3n) is 4.62. The molecular formula is C20H20ClN5O4S. The second-order valence-electron chi connectivity index (χ2n) is 6.79. The number of amides is 3. The minimum absolute atomic E-state index is 0.173. The van der Waals surface area contributed by atoms with E-state index in [9.17, 15) is 9.59 Å². The van der Waals surface area contributed by atoms with E-state index < -0.39 is 5.25 Å². The molecule has 11 heteroatoms. The molecule has 1 N–H and O–H groups in total. The highest BCUT2D eigenvalue weighted by Crippen LogP contribution is 2.26. The monoisotopic (exact) mass is 461 g/mol. The molecular weight excluding hydrogens is 442 g/mol. The van der Waals surface area contributed by atoms with Crippen molar-refractivity contribution in [1.29, 1.82) is 0 Å². The van der Waals surface area contributed by atoms with Gasteiger partial charge in [-0.15, -0.1) is 10.2 Å². The van der Waals surface area contributed by atoms with Gasteiger partial charge < -0.3 is 14.5 Å². The van der Waals surface area contributed by atoms with Gasteiger partial charge in [-0.1, -0.05) is 23.4 Å². The van der Waals surface area contributed by atoms with E-state index in [1.165, 1.54) is 16.7 Å². The van der Waals surface area contributed by atoms with Crippen LogP contribution in [0.2, 0.25) is 5.02 Å². The fourth-order valence-electron chi connectivity index (χ4n) is 3.02. The molecule has 0 spiro atoms. The molecule has 31 heavy (non-hydrogen) atoms. The SMILES string of the molecule is C[C@@H](Sc1nnc(COc2ccc(Cl)cc2)n1Cc1ccco1)C(=O)N1CCNC1=O. The molecule has 9 nitrogen and oxygen atoms in total. The van der Waals surface area contributed by atoms with Crippen LogP contribution in [0.3, 0.4) is 0 Å². The zero-order chi connectivity index (χ0) is 21.8. The maximum atomic E-state index is 12.7. The molecule has 0 aliphatic carbocycles. The quantitative estimate of drug-likeness (QED) is 0.514. The molecule has 0 unspecified atom stereocenters. The molecule has 1 saturated heterocycles. The highest BCUT2D eigenvalue weighted by molar-refractivity contribution is 8.00. The van der Waals surface area contributed by atoms with Gasteiger partial charge in [-0.2, -0.15) is 0 Å². The summed E-state index contributed by atoms with van der Waals surface area (Å²) in [4.78, 5) is 25.7. The maximum absolute atomic E-state index is 12.7. The van der Waals surface area contributed by atoms with Gasteiger partial charge in [0.15, 0.2) is 11.0 Å². The number of carbonyl (C=O) groups excluding carboxylic acids is 2. The van der Waals surface area contributed by atoms with Crippen LogP contribution < -0.4 is 10.1 Å². The van der Waals surface area contributed by atoms with Gasteiger partial charge in [-0.25, -0.2) is 4.79 Å². The van der Waals surface area contributed by atoms with Crippen LogP contribution in [0.4, 0.5) is 4.79 Å². The average molecular weight is 462 g/mol. The topological polar surface area (TPSA) is 102 Å². The van der Waals surface area contributed by atoms with Crippen LogP contribution in [0.25, 0.3) is 0 Å². The van der Waals surface area contributed by atoms with E-state index >= 15 is 0 Å². The van der Waals surface area contributed by atoms with Crippen LogP contribution in [-0.4, -0.2) is 49.9 Å². The minimum Gasteiger partial charge on any atom is -0.486 e. The molecule has 2 aromatic heterocycles. The normalized spacial score (nSPS) is 14.5. The molecule has 1 aliphatic heterocycles. The van der Waals surface area contributed by atoms with E-state index in [1.54, 1.807) is 43.5 Å². The summed E-state index contributed by atoms with van der Waals surface area (Å²) in [7, 11) is 0. The summed E-state index contributed by atoms with van der Waals surface area (Å²) < 4.78 is 13.1. The van der Waals surface area contributed by atoms with Crippen LogP contribution in [0.5, 0.6) is 5.75 Å². The molecule has 0 bridgehead atoms. The Labute approximate surface area is 187 Å². The highest BCUT2D eigenvalue weighted by Gasteiger charge is 2.31. The summed E-state index contributed by atoms with van der Waals surface area (Å²) in [6, 6.07) is 10.3. The van der Waals surface area contributed by atoms with Crippen molar-refractivity contribution in [2.24, 2.45) is 0 Å². The van der Waals surface area contributed by atoms with Gasteiger partial charge in [-0.3, -0.25) is 14.3 Å². The number of aromatic nitrogens is 3. The zero-order valence-corrected chi connectivity index (χ0v) is 18.2.